The molecule has 0 unspecified atom stereocenters. The lowest BCUT2D eigenvalue weighted by Gasteiger charge is -2.10. The Morgan fingerprint density at radius 1 is 1.03 bits per heavy atom. The average Bonchev–Trinajstić information content (AvgIpc) is 2.98. The number of hydrogen-bond acceptors (Lipinski definition) is 5. The second-order valence-electron chi connectivity index (χ2n) is 7.32. The number of rotatable bonds is 4. The van der Waals surface area contributed by atoms with Crippen LogP contribution in [0.3, 0.4) is 0 Å². The molecule has 0 aliphatic rings. The zero-order valence-electron chi connectivity index (χ0n) is 16.9. The van der Waals surface area contributed by atoms with E-state index in [1.54, 1.807) is 24.5 Å². The van der Waals surface area contributed by atoms with Crippen molar-refractivity contribution in [1.29, 1.82) is 0 Å². The maximum absolute atomic E-state index is 12.6. The maximum atomic E-state index is 12.6. The Morgan fingerprint density at radius 3 is 2.48 bits per heavy atom. The molecule has 1 aromatic carbocycles. The van der Waals surface area contributed by atoms with E-state index in [0.29, 0.717) is 23.3 Å². The van der Waals surface area contributed by atoms with Gasteiger partial charge in [0.2, 0.25) is 5.91 Å². The third kappa shape index (κ3) is 3.31. The summed E-state index contributed by atoms with van der Waals surface area (Å²) >= 11 is 0. The van der Waals surface area contributed by atoms with Crippen molar-refractivity contribution in [3.8, 4) is 0 Å². The molecule has 3 aromatic heterocycles. The van der Waals surface area contributed by atoms with Crippen LogP contribution in [0.15, 0.2) is 44.2 Å². The number of fused-ring (bicyclic) bond motifs is 2. The quantitative estimate of drug-likeness (QED) is 0.509. The zero-order chi connectivity index (χ0) is 20.7. The first-order valence-electron chi connectivity index (χ1n) is 9.52. The largest absolute Gasteiger partial charge is 0.461 e. The third-order valence-corrected chi connectivity index (χ3v) is 5.49. The number of pyridine rings is 1. The van der Waals surface area contributed by atoms with E-state index in [2.05, 4.69) is 10.3 Å². The number of aryl methyl sites for hydroxylation is 4. The highest BCUT2D eigenvalue weighted by molar-refractivity contribution is 6.00. The number of amides is 1. The predicted octanol–water partition coefficient (Wildman–Crippen LogP) is 4.74. The molecule has 0 saturated heterocycles. The van der Waals surface area contributed by atoms with Crippen molar-refractivity contribution >= 4 is 33.5 Å². The summed E-state index contributed by atoms with van der Waals surface area (Å²) in [5.41, 5.74) is 4.76. The predicted molar refractivity (Wildman–Crippen MR) is 112 cm³/mol. The molecule has 29 heavy (non-hydrogen) atoms. The SMILES string of the molecule is Cc1oc2c(C)c3oc(=O)c(CCC(=O)Nc4cccnc4)c(C)c3cc2c1C. The minimum absolute atomic E-state index is 0.176. The van der Waals surface area contributed by atoms with E-state index >= 15 is 0 Å². The molecule has 0 spiro atoms. The van der Waals surface area contributed by atoms with Crippen molar-refractivity contribution in [2.45, 2.75) is 40.5 Å². The summed E-state index contributed by atoms with van der Waals surface area (Å²) in [6.45, 7) is 7.75. The number of furan rings is 1. The van der Waals surface area contributed by atoms with Crippen LogP contribution >= 0.6 is 0 Å². The summed E-state index contributed by atoms with van der Waals surface area (Å²) in [5, 5.41) is 4.68. The highest BCUT2D eigenvalue weighted by atomic mass is 16.4. The Bertz CT molecular complexity index is 1300. The molecule has 1 N–H and O–H groups in total. The summed E-state index contributed by atoms with van der Waals surface area (Å²) in [6, 6.07) is 5.53. The minimum atomic E-state index is -0.411. The van der Waals surface area contributed by atoms with Gasteiger partial charge in [0.1, 0.15) is 16.9 Å². The average molecular weight is 390 g/mol. The number of nitrogens with one attached hydrogen (secondary N) is 1. The van der Waals surface area contributed by atoms with Crippen LogP contribution in [-0.2, 0) is 11.2 Å². The topological polar surface area (TPSA) is 85.3 Å². The first kappa shape index (κ1) is 18.9. The fourth-order valence-corrected chi connectivity index (χ4v) is 3.68. The lowest BCUT2D eigenvalue weighted by Crippen LogP contribution is -2.16. The van der Waals surface area contributed by atoms with E-state index in [1.165, 1.54) is 0 Å². The summed E-state index contributed by atoms with van der Waals surface area (Å²) in [6.07, 6.45) is 3.70. The van der Waals surface area contributed by atoms with E-state index in [9.17, 15) is 9.59 Å². The molecule has 6 heteroatoms. The van der Waals surface area contributed by atoms with Gasteiger partial charge in [0.25, 0.3) is 0 Å². The smallest absolute Gasteiger partial charge is 0.339 e. The van der Waals surface area contributed by atoms with E-state index < -0.39 is 5.63 Å². The molecule has 0 radical (unpaired) electrons. The van der Waals surface area contributed by atoms with Crippen LogP contribution in [0.4, 0.5) is 5.69 Å². The van der Waals surface area contributed by atoms with Crippen LogP contribution in [0.1, 0.15) is 34.4 Å². The van der Waals surface area contributed by atoms with Gasteiger partial charge >= 0.3 is 5.63 Å². The highest BCUT2D eigenvalue weighted by Crippen LogP contribution is 2.34. The van der Waals surface area contributed by atoms with Gasteiger partial charge in [0.05, 0.1) is 11.9 Å². The van der Waals surface area contributed by atoms with E-state index in [0.717, 1.165) is 38.8 Å². The lowest BCUT2D eigenvalue weighted by molar-refractivity contribution is -0.116. The molecule has 4 rings (SSSR count). The number of hydrogen-bond donors (Lipinski definition) is 1. The van der Waals surface area contributed by atoms with Gasteiger partial charge in [0.15, 0.2) is 0 Å². The Hall–Kier alpha value is -3.41. The minimum Gasteiger partial charge on any atom is -0.461 e. The van der Waals surface area contributed by atoms with E-state index in [4.69, 9.17) is 8.83 Å². The van der Waals surface area contributed by atoms with Crippen molar-refractivity contribution in [3.63, 3.8) is 0 Å². The normalized spacial score (nSPS) is 11.3. The fraction of sp³-hybridized carbons (Fsp3) is 0.261. The molecule has 1 amide bonds. The number of benzene rings is 1. The van der Waals surface area contributed by atoms with Crippen LogP contribution in [-0.4, -0.2) is 10.9 Å². The number of nitrogens with zero attached hydrogens (tertiary/aromatic N) is 1. The first-order chi connectivity index (χ1) is 13.9. The molecule has 0 aliphatic carbocycles. The summed E-state index contributed by atoms with van der Waals surface area (Å²) < 4.78 is 11.5. The van der Waals surface area contributed by atoms with Crippen LogP contribution < -0.4 is 10.9 Å². The Morgan fingerprint density at radius 2 is 1.76 bits per heavy atom. The molecule has 0 aliphatic heterocycles. The molecule has 4 aromatic rings. The number of carbonyl (C=O) groups excluding carboxylic acids is 1. The summed E-state index contributed by atoms with van der Waals surface area (Å²) in [7, 11) is 0. The van der Waals surface area contributed by atoms with Gasteiger partial charge in [-0.1, -0.05) is 0 Å². The summed E-state index contributed by atoms with van der Waals surface area (Å²) in [5.74, 6) is 0.676. The van der Waals surface area contributed by atoms with Crippen LogP contribution in [0, 0.1) is 27.7 Å². The van der Waals surface area contributed by atoms with Gasteiger partial charge in [-0.25, -0.2) is 4.79 Å². The van der Waals surface area contributed by atoms with Gasteiger partial charge < -0.3 is 14.2 Å². The highest BCUT2D eigenvalue weighted by Gasteiger charge is 2.19. The Kier molecular flexibility index (Phi) is 4.70. The number of carbonyl (C=O) groups is 1. The Labute approximate surface area is 167 Å². The molecular weight excluding hydrogens is 368 g/mol. The standard InChI is InChI=1S/C23H22N2O4/c1-12-15(4)28-21-14(3)22-19(10-18(12)21)13(2)17(23(27)29-22)7-8-20(26)25-16-6-5-9-24-11-16/h5-6,9-11H,7-8H2,1-4H3,(H,25,26). The van der Waals surface area contributed by atoms with Gasteiger partial charge in [-0.3, -0.25) is 9.78 Å². The third-order valence-electron chi connectivity index (χ3n) is 5.49. The maximum Gasteiger partial charge on any atom is 0.339 e. The Balaban J connectivity index is 1.70. The van der Waals surface area contributed by atoms with Crippen molar-refractivity contribution in [1.82, 2.24) is 4.98 Å². The molecule has 148 valence electrons. The van der Waals surface area contributed by atoms with E-state index in [-0.39, 0.29) is 12.3 Å². The lowest BCUT2D eigenvalue weighted by atomic mass is 9.98. The van der Waals surface area contributed by atoms with Gasteiger partial charge in [-0.05, 0) is 63.4 Å². The zero-order valence-corrected chi connectivity index (χ0v) is 16.9. The molecule has 0 saturated carbocycles. The second kappa shape index (κ2) is 7.20. The van der Waals surface area contributed by atoms with Crippen molar-refractivity contribution < 1.29 is 13.6 Å². The van der Waals surface area contributed by atoms with Gasteiger partial charge in [0, 0.05) is 34.5 Å². The second-order valence-corrected chi connectivity index (χ2v) is 7.32. The molecule has 0 atom stereocenters. The van der Waals surface area contributed by atoms with Crippen molar-refractivity contribution in [2.75, 3.05) is 5.32 Å². The van der Waals surface area contributed by atoms with Crippen LogP contribution in [0.2, 0.25) is 0 Å². The van der Waals surface area contributed by atoms with Crippen molar-refractivity contribution in [2.24, 2.45) is 0 Å². The molecule has 3 heterocycles. The van der Waals surface area contributed by atoms with Crippen LogP contribution in [0.25, 0.3) is 21.9 Å². The fourth-order valence-electron chi connectivity index (χ4n) is 3.68. The molecule has 0 fully saturated rings. The van der Waals surface area contributed by atoms with E-state index in [1.807, 2.05) is 33.8 Å². The van der Waals surface area contributed by atoms with Crippen molar-refractivity contribution in [3.05, 3.63) is 69.0 Å². The molecule has 0 bridgehead atoms. The summed E-state index contributed by atoms with van der Waals surface area (Å²) in [4.78, 5) is 28.9. The van der Waals surface area contributed by atoms with Gasteiger partial charge in [-0.15, -0.1) is 0 Å². The van der Waals surface area contributed by atoms with Crippen LogP contribution in [0.5, 0.6) is 0 Å². The monoisotopic (exact) mass is 390 g/mol. The first-order valence-corrected chi connectivity index (χ1v) is 9.52. The number of aromatic nitrogens is 1. The molecular formula is C23H22N2O4. The molecule has 6 nitrogen and oxygen atoms in total. The van der Waals surface area contributed by atoms with Gasteiger partial charge in [-0.2, -0.15) is 0 Å². The number of anilines is 1.